The number of halogens is 2. The highest BCUT2D eigenvalue weighted by Gasteiger charge is 2.34. The van der Waals surface area contributed by atoms with Gasteiger partial charge in [0.1, 0.15) is 0 Å². The number of aromatic nitrogens is 1. The molecule has 1 aliphatic carbocycles. The topological polar surface area (TPSA) is 56.1 Å². The lowest BCUT2D eigenvalue weighted by atomic mass is 9.80. The standard InChI is InChI=1S/C24H13Br2NO3/c1-27-21-16(26)11-15(25)18-19(21)17(13-9-5-6-10-14(13)23(18)29)20(24(27)30)22(28)12-7-3-2-4-8-12/h2-11H,1H3. The first-order chi connectivity index (χ1) is 14.4. The molecular formula is C24H13Br2NO3. The van der Waals surface area contributed by atoms with Crippen molar-refractivity contribution in [1.82, 2.24) is 4.57 Å². The first-order valence-corrected chi connectivity index (χ1v) is 10.8. The number of benzene rings is 3. The SMILES string of the molecule is Cn1c(=O)c(C(=O)c2ccccc2)c2c3c(c(Br)cc(Br)c31)C(=O)c1ccccc1-2. The zero-order valence-corrected chi connectivity index (χ0v) is 18.9. The number of hydrogen-bond acceptors (Lipinski definition) is 3. The van der Waals surface area contributed by atoms with Crippen LogP contribution in [-0.2, 0) is 7.05 Å². The maximum absolute atomic E-state index is 13.5. The monoisotopic (exact) mass is 521 g/mol. The van der Waals surface area contributed by atoms with Crippen LogP contribution in [0.1, 0.15) is 31.8 Å². The zero-order valence-electron chi connectivity index (χ0n) is 15.7. The van der Waals surface area contributed by atoms with Crippen LogP contribution >= 0.6 is 31.9 Å². The van der Waals surface area contributed by atoms with Gasteiger partial charge in [-0.2, -0.15) is 0 Å². The quantitative estimate of drug-likeness (QED) is 0.287. The van der Waals surface area contributed by atoms with E-state index >= 15 is 0 Å². The number of pyridine rings is 1. The Morgan fingerprint density at radius 2 is 1.47 bits per heavy atom. The van der Waals surface area contributed by atoms with Gasteiger partial charge in [0.15, 0.2) is 11.6 Å². The van der Waals surface area contributed by atoms with Gasteiger partial charge in [0.2, 0.25) is 0 Å². The van der Waals surface area contributed by atoms with Crippen molar-refractivity contribution in [3.8, 4) is 11.1 Å². The van der Waals surface area contributed by atoms with Crippen molar-refractivity contribution in [1.29, 1.82) is 0 Å². The van der Waals surface area contributed by atoms with E-state index in [1.807, 2.05) is 12.1 Å². The Kier molecular flexibility index (Phi) is 4.38. The third-order valence-electron chi connectivity index (χ3n) is 5.49. The van der Waals surface area contributed by atoms with Crippen LogP contribution in [0.15, 0.2) is 74.4 Å². The number of carbonyl (C=O) groups excluding carboxylic acids is 2. The maximum Gasteiger partial charge on any atom is 0.262 e. The molecule has 0 fully saturated rings. The summed E-state index contributed by atoms with van der Waals surface area (Å²) in [7, 11) is 1.62. The molecule has 0 bridgehead atoms. The Hall–Kier alpha value is -2.83. The van der Waals surface area contributed by atoms with E-state index in [0.717, 1.165) is 0 Å². The Balaban J connectivity index is 2.06. The molecule has 0 spiro atoms. The molecule has 5 rings (SSSR count). The summed E-state index contributed by atoms with van der Waals surface area (Å²) >= 11 is 7.05. The summed E-state index contributed by atoms with van der Waals surface area (Å²) in [6.07, 6.45) is 0. The Labute approximate surface area is 188 Å². The second kappa shape index (κ2) is 6.86. The zero-order chi connectivity index (χ0) is 21.2. The lowest BCUT2D eigenvalue weighted by molar-refractivity contribution is 0.102. The van der Waals surface area contributed by atoms with Crippen molar-refractivity contribution < 1.29 is 9.59 Å². The number of hydrogen-bond donors (Lipinski definition) is 0. The van der Waals surface area contributed by atoms with Gasteiger partial charge in [-0.3, -0.25) is 14.4 Å². The van der Waals surface area contributed by atoms with E-state index in [9.17, 15) is 14.4 Å². The number of rotatable bonds is 2. The molecule has 4 nitrogen and oxygen atoms in total. The van der Waals surface area contributed by atoms with E-state index in [2.05, 4.69) is 31.9 Å². The van der Waals surface area contributed by atoms with Crippen molar-refractivity contribution in [2.24, 2.45) is 7.05 Å². The van der Waals surface area contributed by atoms with Gasteiger partial charge in [0.25, 0.3) is 5.56 Å². The molecule has 4 aromatic rings. The fourth-order valence-electron chi connectivity index (χ4n) is 4.15. The Bertz CT molecular complexity index is 1470. The third-order valence-corrected chi connectivity index (χ3v) is 6.72. The van der Waals surface area contributed by atoms with E-state index in [4.69, 9.17) is 0 Å². The molecule has 0 saturated heterocycles. The fourth-order valence-corrected chi connectivity index (χ4v) is 5.76. The maximum atomic E-state index is 13.5. The highest BCUT2D eigenvalue weighted by Crippen LogP contribution is 2.45. The lowest BCUT2D eigenvalue weighted by Crippen LogP contribution is -2.29. The van der Waals surface area contributed by atoms with Gasteiger partial charge in [0.05, 0.1) is 11.1 Å². The molecule has 0 amide bonds. The van der Waals surface area contributed by atoms with E-state index in [0.29, 0.717) is 47.7 Å². The predicted octanol–water partition coefficient (Wildman–Crippen LogP) is 5.51. The summed E-state index contributed by atoms with van der Waals surface area (Å²) in [6, 6.07) is 17.6. The smallest absolute Gasteiger partial charge is 0.262 e. The average molecular weight is 523 g/mol. The van der Waals surface area contributed by atoms with E-state index in [-0.39, 0.29) is 17.1 Å². The summed E-state index contributed by atoms with van der Waals surface area (Å²) < 4.78 is 2.72. The summed E-state index contributed by atoms with van der Waals surface area (Å²) in [6.45, 7) is 0. The molecule has 0 atom stereocenters. The number of nitrogens with zero attached hydrogens (tertiary/aromatic N) is 1. The first-order valence-electron chi connectivity index (χ1n) is 9.20. The number of aryl methyl sites for hydroxylation is 1. The van der Waals surface area contributed by atoms with E-state index < -0.39 is 5.56 Å². The summed E-state index contributed by atoms with van der Waals surface area (Å²) in [5.41, 5.74) is 2.73. The average Bonchev–Trinajstić information content (AvgIpc) is 2.75. The molecule has 0 saturated carbocycles. The van der Waals surface area contributed by atoms with Crippen LogP contribution < -0.4 is 5.56 Å². The van der Waals surface area contributed by atoms with Crippen molar-refractivity contribution in [2.75, 3.05) is 0 Å². The van der Waals surface area contributed by atoms with Crippen LogP contribution in [0.3, 0.4) is 0 Å². The van der Waals surface area contributed by atoms with Crippen molar-refractivity contribution >= 4 is 54.3 Å². The second-order valence-corrected chi connectivity index (χ2v) is 8.83. The summed E-state index contributed by atoms with van der Waals surface area (Å²) in [5.74, 6) is -0.501. The van der Waals surface area contributed by atoms with Gasteiger partial charge in [-0.05, 0) is 43.5 Å². The molecule has 6 heteroatoms. The number of fused-ring (bicyclic) bond motifs is 2. The molecule has 3 aromatic carbocycles. The Morgan fingerprint density at radius 1 is 0.833 bits per heavy atom. The lowest BCUT2D eigenvalue weighted by Gasteiger charge is -2.25. The van der Waals surface area contributed by atoms with Crippen molar-refractivity contribution in [2.45, 2.75) is 0 Å². The van der Waals surface area contributed by atoms with E-state index in [1.54, 1.807) is 55.6 Å². The minimum absolute atomic E-state index is 0.0717. The molecule has 1 heterocycles. The highest BCUT2D eigenvalue weighted by molar-refractivity contribution is 9.11. The normalized spacial score (nSPS) is 12.2. The summed E-state index contributed by atoms with van der Waals surface area (Å²) in [5, 5.41) is 0.598. The van der Waals surface area contributed by atoms with Crippen molar-refractivity contribution in [3.63, 3.8) is 0 Å². The Morgan fingerprint density at radius 3 is 2.17 bits per heavy atom. The highest BCUT2D eigenvalue weighted by atomic mass is 79.9. The number of ketones is 2. The van der Waals surface area contributed by atoms with Gasteiger partial charge in [0, 0.05) is 43.6 Å². The van der Waals surface area contributed by atoms with Crippen LogP contribution in [0.2, 0.25) is 0 Å². The van der Waals surface area contributed by atoms with Crippen molar-refractivity contribution in [3.05, 3.63) is 102 Å². The predicted molar refractivity (Wildman–Crippen MR) is 123 cm³/mol. The summed E-state index contributed by atoms with van der Waals surface area (Å²) in [4.78, 5) is 40.3. The van der Waals surface area contributed by atoms with Gasteiger partial charge in [-0.1, -0.05) is 54.6 Å². The molecule has 0 unspecified atom stereocenters. The van der Waals surface area contributed by atoms with E-state index in [1.165, 1.54) is 4.57 Å². The molecule has 0 N–H and O–H groups in total. The molecular weight excluding hydrogens is 510 g/mol. The third kappa shape index (κ3) is 2.53. The minimum atomic E-state index is -0.399. The molecule has 0 radical (unpaired) electrons. The first kappa shape index (κ1) is 19.2. The van der Waals surface area contributed by atoms with Crippen LogP contribution in [0, 0.1) is 0 Å². The molecule has 30 heavy (non-hydrogen) atoms. The largest absolute Gasteiger partial charge is 0.310 e. The second-order valence-electron chi connectivity index (χ2n) is 7.12. The van der Waals surface area contributed by atoms with Gasteiger partial charge >= 0.3 is 0 Å². The van der Waals surface area contributed by atoms with Crippen LogP contribution in [0.25, 0.3) is 22.0 Å². The van der Waals surface area contributed by atoms with Crippen LogP contribution in [0.5, 0.6) is 0 Å². The van der Waals surface area contributed by atoms with Crippen LogP contribution in [0.4, 0.5) is 0 Å². The molecule has 0 aliphatic heterocycles. The van der Waals surface area contributed by atoms with Gasteiger partial charge in [-0.15, -0.1) is 0 Å². The molecule has 146 valence electrons. The molecule has 1 aliphatic rings. The van der Waals surface area contributed by atoms with Crippen LogP contribution in [-0.4, -0.2) is 16.1 Å². The fraction of sp³-hybridized carbons (Fsp3) is 0.0417. The molecule has 1 aromatic heterocycles. The van der Waals surface area contributed by atoms with Gasteiger partial charge in [-0.25, -0.2) is 0 Å². The van der Waals surface area contributed by atoms with Gasteiger partial charge < -0.3 is 4.57 Å². The number of carbonyl (C=O) groups is 2. The minimum Gasteiger partial charge on any atom is -0.310 e.